The number of rotatable bonds is 7. The Labute approximate surface area is 116 Å². The van der Waals surface area contributed by atoms with Crippen LogP contribution in [0.25, 0.3) is 0 Å². The topological polar surface area (TPSA) is 53.1 Å². The van der Waals surface area contributed by atoms with E-state index in [2.05, 4.69) is 5.10 Å². The quantitative estimate of drug-likeness (QED) is 0.845. The van der Waals surface area contributed by atoms with Crippen molar-refractivity contribution in [3.63, 3.8) is 0 Å². The molecule has 0 saturated carbocycles. The van der Waals surface area contributed by atoms with Gasteiger partial charge in [0.15, 0.2) is 0 Å². The molecule has 6 heteroatoms. The number of benzene rings is 1. The number of alkyl halides is 2. The first-order chi connectivity index (χ1) is 9.58. The maximum atomic E-state index is 13.8. The number of hydrogen-bond acceptors (Lipinski definition) is 3. The summed E-state index contributed by atoms with van der Waals surface area (Å²) in [6.07, 6.45) is 3.12. The van der Waals surface area contributed by atoms with Crippen LogP contribution in [0.5, 0.6) is 0 Å². The Bertz CT molecular complexity index is 502. The summed E-state index contributed by atoms with van der Waals surface area (Å²) in [5.74, 6) is -3.10. The van der Waals surface area contributed by atoms with Crippen LogP contribution >= 0.6 is 0 Å². The molecule has 0 aliphatic rings. The second-order valence-electron chi connectivity index (χ2n) is 4.57. The van der Waals surface area contributed by atoms with Crippen LogP contribution in [-0.2, 0) is 17.9 Å². The first-order valence-electron chi connectivity index (χ1n) is 6.30. The molecule has 1 heterocycles. The molecule has 1 aromatic carbocycles. The SMILES string of the molecule is NC(Cn1cccn1)C(F)(F)COCc1ccccc1. The number of nitrogens with two attached hydrogens (primary N) is 1. The van der Waals surface area contributed by atoms with E-state index in [1.807, 2.05) is 30.3 Å². The van der Waals surface area contributed by atoms with Gasteiger partial charge in [-0.2, -0.15) is 5.10 Å². The predicted octanol–water partition coefficient (Wildman–Crippen LogP) is 2.06. The van der Waals surface area contributed by atoms with Gasteiger partial charge in [-0.15, -0.1) is 0 Å². The Hall–Kier alpha value is -1.79. The van der Waals surface area contributed by atoms with E-state index < -0.39 is 18.6 Å². The van der Waals surface area contributed by atoms with Crippen molar-refractivity contribution in [1.29, 1.82) is 0 Å². The summed E-state index contributed by atoms with van der Waals surface area (Å²) in [6.45, 7) is -0.607. The van der Waals surface area contributed by atoms with Gasteiger partial charge >= 0.3 is 0 Å². The first-order valence-corrected chi connectivity index (χ1v) is 6.30. The summed E-state index contributed by atoms with van der Waals surface area (Å²) in [6, 6.07) is 9.50. The summed E-state index contributed by atoms with van der Waals surface area (Å²) < 4.78 is 34.1. The van der Waals surface area contributed by atoms with Gasteiger partial charge < -0.3 is 10.5 Å². The zero-order valence-electron chi connectivity index (χ0n) is 11.0. The van der Waals surface area contributed by atoms with Gasteiger partial charge in [0.1, 0.15) is 6.61 Å². The minimum atomic E-state index is -3.10. The van der Waals surface area contributed by atoms with Crippen molar-refractivity contribution in [2.75, 3.05) is 6.61 Å². The van der Waals surface area contributed by atoms with Gasteiger partial charge in [0, 0.05) is 12.4 Å². The van der Waals surface area contributed by atoms with E-state index in [-0.39, 0.29) is 13.2 Å². The molecule has 0 fully saturated rings. The van der Waals surface area contributed by atoms with Crippen LogP contribution in [0.3, 0.4) is 0 Å². The van der Waals surface area contributed by atoms with Crippen LogP contribution in [0.15, 0.2) is 48.8 Å². The molecule has 2 N–H and O–H groups in total. The zero-order valence-corrected chi connectivity index (χ0v) is 11.0. The maximum absolute atomic E-state index is 13.8. The van der Waals surface area contributed by atoms with Crippen molar-refractivity contribution in [3.05, 3.63) is 54.4 Å². The number of halogens is 2. The largest absolute Gasteiger partial charge is 0.370 e. The summed E-state index contributed by atoms with van der Waals surface area (Å²) in [7, 11) is 0. The van der Waals surface area contributed by atoms with Crippen molar-refractivity contribution >= 4 is 0 Å². The highest BCUT2D eigenvalue weighted by Crippen LogP contribution is 2.19. The van der Waals surface area contributed by atoms with Gasteiger partial charge in [0.25, 0.3) is 5.92 Å². The van der Waals surface area contributed by atoms with Crippen molar-refractivity contribution in [3.8, 4) is 0 Å². The second-order valence-corrected chi connectivity index (χ2v) is 4.57. The van der Waals surface area contributed by atoms with Gasteiger partial charge in [0.05, 0.1) is 19.2 Å². The lowest BCUT2D eigenvalue weighted by Gasteiger charge is -2.23. The molecule has 0 saturated heterocycles. The smallest absolute Gasteiger partial charge is 0.287 e. The van der Waals surface area contributed by atoms with Crippen LogP contribution in [0.1, 0.15) is 5.56 Å². The Kier molecular flexibility index (Phi) is 4.81. The van der Waals surface area contributed by atoms with E-state index >= 15 is 0 Å². The first kappa shape index (κ1) is 14.6. The third kappa shape index (κ3) is 4.11. The highest BCUT2D eigenvalue weighted by molar-refractivity contribution is 5.13. The Morgan fingerprint density at radius 3 is 2.65 bits per heavy atom. The fraction of sp³-hybridized carbons (Fsp3) is 0.357. The van der Waals surface area contributed by atoms with Crippen LogP contribution in [0, 0.1) is 0 Å². The molecule has 0 bridgehead atoms. The summed E-state index contributed by atoms with van der Waals surface area (Å²) in [5, 5.41) is 3.86. The van der Waals surface area contributed by atoms with Gasteiger partial charge in [0.2, 0.25) is 0 Å². The maximum Gasteiger partial charge on any atom is 0.287 e. The molecule has 0 aliphatic heterocycles. The molecule has 0 radical (unpaired) electrons. The molecule has 1 aromatic heterocycles. The van der Waals surface area contributed by atoms with Crippen LogP contribution < -0.4 is 5.73 Å². The number of nitrogens with zero attached hydrogens (tertiary/aromatic N) is 2. The fourth-order valence-electron chi connectivity index (χ4n) is 1.73. The van der Waals surface area contributed by atoms with Crippen LogP contribution in [0.4, 0.5) is 8.78 Å². The zero-order chi connectivity index (χ0) is 14.4. The van der Waals surface area contributed by atoms with E-state index in [0.717, 1.165) is 5.56 Å². The molecular formula is C14H17F2N3O. The normalized spacial score (nSPS) is 13.3. The molecule has 0 aliphatic carbocycles. The van der Waals surface area contributed by atoms with Crippen LogP contribution in [-0.4, -0.2) is 28.4 Å². The highest BCUT2D eigenvalue weighted by Gasteiger charge is 2.37. The highest BCUT2D eigenvalue weighted by atomic mass is 19.3. The standard InChI is InChI=1S/C14H17F2N3O/c15-14(16,13(17)9-19-8-4-7-18-19)11-20-10-12-5-2-1-3-6-12/h1-8,13H,9-11,17H2. The molecule has 1 unspecified atom stereocenters. The number of hydrogen-bond donors (Lipinski definition) is 1. The molecule has 2 rings (SSSR count). The van der Waals surface area contributed by atoms with E-state index in [1.165, 1.54) is 10.9 Å². The molecule has 20 heavy (non-hydrogen) atoms. The Balaban J connectivity index is 1.80. The summed E-state index contributed by atoms with van der Waals surface area (Å²) >= 11 is 0. The van der Waals surface area contributed by atoms with Crippen molar-refractivity contribution < 1.29 is 13.5 Å². The molecule has 108 valence electrons. The average molecular weight is 281 g/mol. The third-order valence-electron chi connectivity index (χ3n) is 2.89. The van der Waals surface area contributed by atoms with Gasteiger partial charge in [-0.1, -0.05) is 30.3 Å². The van der Waals surface area contributed by atoms with Gasteiger partial charge in [-0.25, -0.2) is 8.78 Å². The molecule has 2 aromatic rings. The minimum Gasteiger partial charge on any atom is -0.370 e. The molecule has 1 atom stereocenters. The van der Waals surface area contributed by atoms with E-state index in [1.54, 1.807) is 12.3 Å². The third-order valence-corrected chi connectivity index (χ3v) is 2.89. The Morgan fingerprint density at radius 1 is 1.25 bits per heavy atom. The second kappa shape index (κ2) is 6.58. The number of aromatic nitrogens is 2. The minimum absolute atomic E-state index is 0.0469. The van der Waals surface area contributed by atoms with Crippen molar-refractivity contribution in [2.24, 2.45) is 5.73 Å². The van der Waals surface area contributed by atoms with Gasteiger partial charge in [-0.3, -0.25) is 4.68 Å². The lowest BCUT2D eigenvalue weighted by molar-refractivity contribution is -0.101. The predicted molar refractivity (Wildman–Crippen MR) is 71.2 cm³/mol. The Morgan fingerprint density at radius 2 is 2.00 bits per heavy atom. The van der Waals surface area contributed by atoms with Crippen molar-refractivity contribution in [1.82, 2.24) is 9.78 Å². The summed E-state index contributed by atoms with van der Waals surface area (Å²) in [4.78, 5) is 0. The van der Waals surface area contributed by atoms with E-state index in [4.69, 9.17) is 10.5 Å². The monoisotopic (exact) mass is 281 g/mol. The molecule has 0 spiro atoms. The van der Waals surface area contributed by atoms with Gasteiger partial charge in [-0.05, 0) is 11.6 Å². The lowest BCUT2D eigenvalue weighted by atomic mass is 10.1. The van der Waals surface area contributed by atoms with E-state index in [0.29, 0.717) is 0 Å². The molecular weight excluding hydrogens is 264 g/mol. The number of ether oxygens (including phenoxy) is 1. The fourth-order valence-corrected chi connectivity index (χ4v) is 1.73. The lowest BCUT2D eigenvalue weighted by Crippen LogP contribution is -2.47. The summed E-state index contributed by atoms with van der Waals surface area (Å²) in [5.41, 5.74) is 6.38. The average Bonchev–Trinajstić information content (AvgIpc) is 2.92. The van der Waals surface area contributed by atoms with Crippen LogP contribution in [0.2, 0.25) is 0 Å². The van der Waals surface area contributed by atoms with Crippen molar-refractivity contribution in [2.45, 2.75) is 25.1 Å². The molecule has 0 amide bonds. The van der Waals surface area contributed by atoms with E-state index in [9.17, 15) is 8.78 Å². The molecule has 4 nitrogen and oxygen atoms in total.